The van der Waals surface area contributed by atoms with Crippen LogP contribution in [-0.2, 0) is 6.42 Å². The Morgan fingerprint density at radius 1 is 0.923 bits per heavy atom. The summed E-state index contributed by atoms with van der Waals surface area (Å²) in [6, 6.07) is 9.29. The third kappa shape index (κ3) is 2.58. The normalized spacial score (nSPS) is 21.0. The second-order valence-electron chi connectivity index (χ2n) is 6.54. The first-order chi connectivity index (χ1) is 12.8. The molecular weight excluding hydrogens is 334 g/mol. The first kappa shape index (κ1) is 15.5. The van der Waals surface area contributed by atoms with Crippen molar-refractivity contribution < 1.29 is 24.1 Å². The second kappa shape index (κ2) is 6.23. The molecule has 0 unspecified atom stereocenters. The van der Waals surface area contributed by atoms with Crippen LogP contribution in [0.1, 0.15) is 28.8 Å². The molecule has 0 fully saturated rings. The average molecular weight is 353 g/mol. The van der Waals surface area contributed by atoms with Crippen molar-refractivity contribution in [2.45, 2.75) is 18.6 Å². The van der Waals surface area contributed by atoms with Crippen molar-refractivity contribution in [3.05, 3.63) is 59.5 Å². The van der Waals surface area contributed by atoms with E-state index in [-0.39, 0.29) is 6.04 Å². The second-order valence-corrected chi connectivity index (χ2v) is 6.54. The van der Waals surface area contributed by atoms with Crippen LogP contribution in [0, 0.1) is 0 Å². The monoisotopic (exact) mass is 353 g/mol. The van der Waals surface area contributed by atoms with Crippen molar-refractivity contribution in [2.24, 2.45) is 0 Å². The maximum Gasteiger partial charge on any atom is 0.169 e. The molecule has 0 radical (unpaired) electrons. The Hall–Kier alpha value is -2.70. The quantitative estimate of drug-likeness (QED) is 0.865. The molecule has 26 heavy (non-hydrogen) atoms. The summed E-state index contributed by atoms with van der Waals surface area (Å²) < 4.78 is 22.3. The number of hydrogen-bond donors (Lipinski definition) is 2. The van der Waals surface area contributed by atoms with E-state index in [0.29, 0.717) is 24.7 Å². The van der Waals surface area contributed by atoms with Crippen LogP contribution in [0.3, 0.4) is 0 Å². The first-order valence-corrected chi connectivity index (χ1v) is 8.76. The molecular formula is C20H19NO5. The Morgan fingerprint density at radius 2 is 1.69 bits per heavy atom. The summed E-state index contributed by atoms with van der Waals surface area (Å²) >= 11 is 0. The van der Waals surface area contributed by atoms with Gasteiger partial charge in [-0.15, -0.1) is 0 Å². The van der Waals surface area contributed by atoms with E-state index in [1.807, 2.05) is 30.3 Å². The standard InChI is InChI=1S/C20H19NO5/c22-20(13-1-2-15-16(10-13)24-6-5-23-15)19-14-11-18-17(25-7-8-26-18)9-12(14)3-4-21-19/h1-2,5-6,9-11,19-22H,3-4,7-8H2/t19-,20-/m0/s1. The fraction of sp³-hybridized carbons (Fsp3) is 0.300. The van der Waals surface area contributed by atoms with E-state index in [4.69, 9.17) is 18.9 Å². The maximum atomic E-state index is 11.0. The number of aliphatic hydroxyl groups excluding tert-OH is 1. The highest BCUT2D eigenvalue weighted by molar-refractivity contribution is 5.51. The van der Waals surface area contributed by atoms with Crippen LogP contribution in [0.15, 0.2) is 42.9 Å². The van der Waals surface area contributed by atoms with Crippen molar-refractivity contribution in [2.75, 3.05) is 19.8 Å². The van der Waals surface area contributed by atoms with Crippen molar-refractivity contribution in [1.29, 1.82) is 0 Å². The molecule has 0 amide bonds. The van der Waals surface area contributed by atoms with E-state index in [9.17, 15) is 5.11 Å². The number of nitrogens with one attached hydrogen (secondary N) is 1. The number of ether oxygens (including phenoxy) is 4. The van der Waals surface area contributed by atoms with Crippen molar-refractivity contribution >= 4 is 0 Å². The van der Waals surface area contributed by atoms with Gasteiger partial charge in [0.25, 0.3) is 0 Å². The Balaban J connectivity index is 1.50. The summed E-state index contributed by atoms with van der Waals surface area (Å²) in [5.41, 5.74) is 2.99. The van der Waals surface area contributed by atoms with E-state index in [1.165, 1.54) is 18.1 Å². The van der Waals surface area contributed by atoms with Gasteiger partial charge in [-0.05, 0) is 53.9 Å². The third-order valence-corrected chi connectivity index (χ3v) is 4.97. The van der Waals surface area contributed by atoms with Crippen LogP contribution in [0.4, 0.5) is 0 Å². The van der Waals surface area contributed by atoms with E-state index < -0.39 is 6.10 Å². The zero-order chi connectivity index (χ0) is 17.5. The molecule has 2 aromatic carbocycles. The molecule has 6 nitrogen and oxygen atoms in total. The predicted octanol–water partition coefficient (Wildman–Crippen LogP) is 2.62. The molecule has 3 aliphatic heterocycles. The zero-order valence-corrected chi connectivity index (χ0v) is 14.1. The fourth-order valence-electron chi connectivity index (χ4n) is 3.70. The lowest BCUT2D eigenvalue weighted by atomic mass is 9.88. The number of fused-ring (bicyclic) bond motifs is 3. The summed E-state index contributed by atoms with van der Waals surface area (Å²) in [6.07, 6.45) is 3.14. The van der Waals surface area contributed by atoms with Crippen LogP contribution in [0.25, 0.3) is 0 Å². The van der Waals surface area contributed by atoms with Crippen LogP contribution in [0.2, 0.25) is 0 Å². The number of benzene rings is 2. The Bertz CT molecular complexity index is 879. The molecule has 0 aliphatic carbocycles. The van der Waals surface area contributed by atoms with E-state index in [0.717, 1.165) is 35.6 Å². The molecule has 6 heteroatoms. The fourth-order valence-corrected chi connectivity index (χ4v) is 3.70. The van der Waals surface area contributed by atoms with Gasteiger partial charge >= 0.3 is 0 Å². The molecule has 3 aliphatic rings. The lowest BCUT2D eigenvalue weighted by molar-refractivity contribution is 0.124. The van der Waals surface area contributed by atoms with E-state index in [1.54, 1.807) is 0 Å². The molecule has 2 aromatic rings. The summed E-state index contributed by atoms with van der Waals surface area (Å²) in [6.45, 7) is 1.91. The molecule has 0 spiro atoms. The Morgan fingerprint density at radius 3 is 2.54 bits per heavy atom. The van der Waals surface area contributed by atoms with Gasteiger partial charge in [0.15, 0.2) is 23.0 Å². The SMILES string of the molecule is O[C@@H](c1ccc2c(c1)OC=CO2)[C@H]1NCCc2cc3c(cc21)OCCO3. The third-order valence-electron chi connectivity index (χ3n) is 4.97. The smallest absolute Gasteiger partial charge is 0.169 e. The van der Waals surface area contributed by atoms with Gasteiger partial charge in [-0.3, -0.25) is 0 Å². The van der Waals surface area contributed by atoms with Crippen LogP contribution in [-0.4, -0.2) is 24.9 Å². The molecule has 134 valence electrons. The van der Waals surface area contributed by atoms with Gasteiger partial charge in [-0.25, -0.2) is 0 Å². The van der Waals surface area contributed by atoms with Gasteiger partial charge in [0.05, 0.1) is 12.1 Å². The largest absolute Gasteiger partial charge is 0.486 e. The summed E-state index contributed by atoms with van der Waals surface area (Å²) in [5.74, 6) is 2.77. The highest BCUT2D eigenvalue weighted by Gasteiger charge is 2.30. The summed E-state index contributed by atoms with van der Waals surface area (Å²) in [4.78, 5) is 0. The molecule has 0 aromatic heterocycles. The first-order valence-electron chi connectivity index (χ1n) is 8.76. The van der Waals surface area contributed by atoms with Gasteiger partial charge in [-0.2, -0.15) is 0 Å². The lowest BCUT2D eigenvalue weighted by Crippen LogP contribution is -2.34. The topological polar surface area (TPSA) is 69.2 Å². The Labute approximate surface area is 150 Å². The van der Waals surface area contributed by atoms with Crippen molar-refractivity contribution in [3.63, 3.8) is 0 Å². The Kier molecular flexibility index (Phi) is 3.72. The summed E-state index contributed by atoms with van der Waals surface area (Å²) in [5, 5.41) is 14.5. The maximum absolute atomic E-state index is 11.0. The zero-order valence-electron chi connectivity index (χ0n) is 14.1. The van der Waals surface area contributed by atoms with Crippen LogP contribution < -0.4 is 24.3 Å². The van der Waals surface area contributed by atoms with Gasteiger partial charge in [0, 0.05) is 0 Å². The molecule has 2 atom stereocenters. The summed E-state index contributed by atoms with van der Waals surface area (Å²) in [7, 11) is 0. The molecule has 0 saturated carbocycles. The minimum atomic E-state index is -0.726. The van der Waals surface area contributed by atoms with Gasteiger partial charge < -0.3 is 29.4 Å². The van der Waals surface area contributed by atoms with Crippen LogP contribution in [0.5, 0.6) is 23.0 Å². The lowest BCUT2D eigenvalue weighted by Gasteiger charge is -2.32. The highest BCUT2D eigenvalue weighted by atomic mass is 16.6. The number of aliphatic hydroxyl groups is 1. The van der Waals surface area contributed by atoms with Gasteiger partial charge in [0.1, 0.15) is 25.7 Å². The minimum absolute atomic E-state index is 0.229. The number of rotatable bonds is 2. The predicted molar refractivity (Wildman–Crippen MR) is 93.7 cm³/mol. The molecule has 5 rings (SSSR count). The highest BCUT2D eigenvalue weighted by Crippen LogP contribution is 2.42. The van der Waals surface area contributed by atoms with Crippen LogP contribution >= 0.6 is 0 Å². The van der Waals surface area contributed by atoms with E-state index >= 15 is 0 Å². The molecule has 2 N–H and O–H groups in total. The van der Waals surface area contributed by atoms with Gasteiger partial charge in [0.2, 0.25) is 0 Å². The molecule has 0 bridgehead atoms. The van der Waals surface area contributed by atoms with Crippen molar-refractivity contribution in [3.8, 4) is 23.0 Å². The molecule has 3 heterocycles. The average Bonchev–Trinajstić information content (AvgIpc) is 2.71. The van der Waals surface area contributed by atoms with Crippen molar-refractivity contribution in [1.82, 2.24) is 5.32 Å². The van der Waals surface area contributed by atoms with E-state index in [2.05, 4.69) is 5.32 Å². The number of hydrogen-bond acceptors (Lipinski definition) is 6. The minimum Gasteiger partial charge on any atom is -0.486 e. The van der Waals surface area contributed by atoms with Gasteiger partial charge in [-0.1, -0.05) is 6.07 Å². The molecule has 0 saturated heterocycles.